The predicted molar refractivity (Wildman–Crippen MR) is 52.3 cm³/mol. The first kappa shape index (κ1) is 10.7. The first-order valence-electron chi connectivity index (χ1n) is 4.36. The van der Waals surface area contributed by atoms with Crippen LogP contribution in [0, 0.1) is 5.82 Å². The lowest BCUT2D eigenvalue weighted by Gasteiger charge is -2.13. The average molecular weight is 196 g/mol. The Kier molecular flexibility index (Phi) is 3.59. The molecule has 1 amide bonds. The molecule has 14 heavy (non-hydrogen) atoms. The summed E-state index contributed by atoms with van der Waals surface area (Å²) >= 11 is 0. The predicted octanol–water partition coefficient (Wildman–Crippen LogP) is 0.614. The molecule has 1 atom stereocenters. The molecule has 0 saturated heterocycles. The van der Waals surface area contributed by atoms with Gasteiger partial charge in [0.05, 0.1) is 5.92 Å². The third-order valence-electron chi connectivity index (χ3n) is 2.08. The van der Waals surface area contributed by atoms with Crippen LogP contribution in [0.1, 0.15) is 11.5 Å². The third-order valence-corrected chi connectivity index (χ3v) is 2.08. The minimum Gasteiger partial charge on any atom is -0.359 e. The zero-order chi connectivity index (χ0) is 10.6. The van der Waals surface area contributed by atoms with Gasteiger partial charge in [-0.05, 0) is 6.07 Å². The number of amides is 1. The van der Waals surface area contributed by atoms with E-state index in [2.05, 4.69) is 5.32 Å². The maximum Gasteiger partial charge on any atom is 0.228 e. The molecule has 0 radical (unpaired) electrons. The van der Waals surface area contributed by atoms with Crippen molar-refractivity contribution in [1.29, 1.82) is 0 Å². The molecule has 0 aromatic heterocycles. The van der Waals surface area contributed by atoms with E-state index >= 15 is 0 Å². The smallest absolute Gasteiger partial charge is 0.228 e. The molecule has 0 spiro atoms. The van der Waals surface area contributed by atoms with Crippen molar-refractivity contribution in [2.45, 2.75) is 5.92 Å². The van der Waals surface area contributed by atoms with Crippen LogP contribution in [0.3, 0.4) is 0 Å². The summed E-state index contributed by atoms with van der Waals surface area (Å²) in [7, 11) is 1.51. The summed E-state index contributed by atoms with van der Waals surface area (Å²) < 4.78 is 13.3. The zero-order valence-corrected chi connectivity index (χ0v) is 7.96. The molecular formula is C10H13FN2O. The van der Waals surface area contributed by atoms with Crippen LogP contribution in [0.2, 0.25) is 0 Å². The van der Waals surface area contributed by atoms with Gasteiger partial charge >= 0.3 is 0 Å². The van der Waals surface area contributed by atoms with E-state index in [1.54, 1.807) is 18.2 Å². The fraction of sp³-hybridized carbons (Fsp3) is 0.300. The first-order chi connectivity index (χ1) is 6.70. The van der Waals surface area contributed by atoms with Gasteiger partial charge in [0.25, 0.3) is 0 Å². The van der Waals surface area contributed by atoms with Gasteiger partial charge in [-0.2, -0.15) is 0 Å². The van der Waals surface area contributed by atoms with Crippen molar-refractivity contribution in [2.24, 2.45) is 5.73 Å². The van der Waals surface area contributed by atoms with Gasteiger partial charge in [0.2, 0.25) is 5.91 Å². The summed E-state index contributed by atoms with van der Waals surface area (Å²) in [5.41, 5.74) is 5.76. The maximum atomic E-state index is 13.3. The number of halogens is 1. The number of hydrogen-bond acceptors (Lipinski definition) is 2. The number of nitrogens with one attached hydrogen (secondary N) is 1. The van der Waals surface area contributed by atoms with Crippen LogP contribution in [-0.4, -0.2) is 19.5 Å². The molecule has 1 rings (SSSR count). The molecule has 0 aliphatic heterocycles. The number of benzene rings is 1. The lowest BCUT2D eigenvalue weighted by molar-refractivity contribution is -0.121. The molecule has 1 aromatic rings. The van der Waals surface area contributed by atoms with Gasteiger partial charge in [0.15, 0.2) is 0 Å². The Morgan fingerprint density at radius 3 is 2.71 bits per heavy atom. The van der Waals surface area contributed by atoms with E-state index in [0.717, 1.165) is 0 Å². The Labute approximate surface area is 82.1 Å². The standard InChI is InChI=1S/C10H13FN2O/c1-13-10(14)8(6-12)7-4-2-3-5-9(7)11/h2-5,8H,6,12H2,1H3,(H,13,14). The van der Waals surface area contributed by atoms with E-state index in [4.69, 9.17) is 5.73 Å². The van der Waals surface area contributed by atoms with Crippen LogP contribution in [0.25, 0.3) is 0 Å². The second-order valence-corrected chi connectivity index (χ2v) is 2.92. The van der Waals surface area contributed by atoms with Gasteiger partial charge in [-0.1, -0.05) is 18.2 Å². The number of carbonyl (C=O) groups excluding carboxylic acids is 1. The second-order valence-electron chi connectivity index (χ2n) is 2.92. The molecule has 0 aliphatic rings. The zero-order valence-electron chi connectivity index (χ0n) is 7.96. The van der Waals surface area contributed by atoms with E-state index in [1.165, 1.54) is 13.1 Å². The van der Waals surface area contributed by atoms with Gasteiger partial charge in [0, 0.05) is 19.2 Å². The monoisotopic (exact) mass is 196 g/mol. The molecule has 0 aliphatic carbocycles. The van der Waals surface area contributed by atoms with Gasteiger partial charge in [0.1, 0.15) is 5.82 Å². The number of carbonyl (C=O) groups is 1. The van der Waals surface area contributed by atoms with Crippen molar-refractivity contribution in [3.8, 4) is 0 Å². The number of rotatable bonds is 3. The van der Waals surface area contributed by atoms with Crippen molar-refractivity contribution >= 4 is 5.91 Å². The van der Waals surface area contributed by atoms with Gasteiger partial charge in [-0.25, -0.2) is 4.39 Å². The highest BCUT2D eigenvalue weighted by Gasteiger charge is 2.20. The number of likely N-dealkylation sites (N-methyl/N-ethyl adjacent to an activating group) is 1. The molecule has 76 valence electrons. The summed E-state index contributed by atoms with van der Waals surface area (Å²) in [6.07, 6.45) is 0. The fourth-order valence-corrected chi connectivity index (χ4v) is 1.31. The van der Waals surface area contributed by atoms with E-state index < -0.39 is 11.7 Å². The molecule has 3 nitrogen and oxygen atoms in total. The summed E-state index contributed by atoms with van der Waals surface area (Å²) in [5.74, 6) is -1.27. The van der Waals surface area contributed by atoms with Crippen LogP contribution in [0.4, 0.5) is 4.39 Å². The van der Waals surface area contributed by atoms with Crippen molar-refractivity contribution in [3.63, 3.8) is 0 Å². The number of hydrogen-bond donors (Lipinski definition) is 2. The van der Waals surface area contributed by atoms with Crippen molar-refractivity contribution in [3.05, 3.63) is 35.6 Å². The Morgan fingerprint density at radius 1 is 1.57 bits per heavy atom. The van der Waals surface area contributed by atoms with Gasteiger partial charge in [-0.15, -0.1) is 0 Å². The molecule has 4 heteroatoms. The molecule has 1 unspecified atom stereocenters. The summed E-state index contributed by atoms with van der Waals surface area (Å²) in [5, 5.41) is 2.46. The average Bonchev–Trinajstić information content (AvgIpc) is 2.21. The van der Waals surface area contributed by atoms with Crippen molar-refractivity contribution in [1.82, 2.24) is 5.32 Å². The Bertz CT molecular complexity index is 328. The minimum absolute atomic E-state index is 0.0978. The van der Waals surface area contributed by atoms with Crippen LogP contribution in [-0.2, 0) is 4.79 Å². The van der Waals surface area contributed by atoms with E-state index in [0.29, 0.717) is 5.56 Å². The van der Waals surface area contributed by atoms with Crippen LogP contribution < -0.4 is 11.1 Å². The van der Waals surface area contributed by atoms with Crippen LogP contribution in [0.15, 0.2) is 24.3 Å². The Hall–Kier alpha value is -1.42. The molecule has 1 aromatic carbocycles. The third kappa shape index (κ3) is 2.09. The fourth-order valence-electron chi connectivity index (χ4n) is 1.31. The molecule has 3 N–H and O–H groups in total. The molecule has 0 heterocycles. The highest BCUT2D eigenvalue weighted by atomic mass is 19.1. The Morgan fingerprint density at radius 2 is 2.21 bits per heavy atom. The normalized spacial score (nSPS) is 12.2. The second kappa shape index (κ2) is 4.72. The van der Waals surface area contributed by atoms with Gasteiger partial charge in [-0.3, -0.25) is 4.79 Å². The largest absolute Gasteiger partial charge is 0.359 e. The quantitative estimate of drug-likeness (QED) is 0.744. The molecule has 0 bridgehead atoms. The lowest BCUT2D eigenvalue weighted by Crippen LogP contribution is -2.31. The first-order valence-corrected chi connectivity index (χ1v) is 4.36. The van der Waals surface area contributed by atoms with E-state index in [1.807, 2.05) is 0 Å². The lowest BCUT2D eigenvalue weighted by atomic mass is 9.98. The van der Waals surface area contributed by atoms with Crippen molar-refractivity contribution in [2.75, 3.05) is 13.6 Å². The maximum absolute atomic E-state index is 13.3. The van der Waals surface area contributed by atoms with E-state index in [9.17, 15) is 9.18 Å². The SMILES string of the molecule is CNC(=O)C(CN)c1ccccc1F. The van der Waals surface area contributed by atoms with Crippen LogP contribution >= 0.6 is 0 Å². The number of nitrogens with two attached hydrogens (primary N) is 1. The van der Waals surface area contributed by atoms with E-state index in [-0.39, 0.29) is 12.5 Å². The summed E-state index contributed by atoms with van der Waals surface area (Å²) in [6.45, 7) is 0.0978. The summed E-state index contributed by atoms with van der Waals surface area (Å²) in [4.78, 5) is 11.3. The highest BCUT2D eigenvalue weighted by Crippen LogP contribution is 2.17. The van der Waals surface area contributed by atoms with Crippen molar-refractivity contribution < 1.29 is 9.18 Å². The highest BCUT2D eigenvalue weighted by molar-refractivity contribution is 5.83. The van der Waals surface area contributed by atoms with Gasteiger partial charge < -0.3 is 11.1 Å². The minimum atomic E-state index is -0.610. The topological polar surface area (TPSA) is 55.1 Å². The molecular weight excluding hydrogens is 183 g/mol. The molecule has 0 fully saturated rings. The molecule has 0 saturated carbocycles. The summed E-state index contributed by atoms with van der Waals surface area (Å²) in [6, 6.07) is 6.16. The van der Waals surface area contributed by atoms with Crippen LogP contribution in [0.5, 0.6) is 0 Å². The Balaban J connectivity index is 3.01.